The first-order chi connectivity index (χ1) is 13.9. The highest BCUT2D eigenvalue weighted by atomic mass is 32.1. The van der Waals surface area contributed by atoms with Crippen molar-refractivity contribution >= 4 is 33.9 Å². The van der Waals surface area contributed by atoms with Crippen molar-refractivity contribution in [3.8, 4) is 17.3 Å². The van der Waals surface area contributed by atoms with Crippen LogP contribution in [-0.4, -0.2) is 10.9 Å². The second-order valence-corrected chi connectivity index (χ2v) is 8.23. The zero-order chi connectivity index (χ0) is 21.0. The lowest BCUT2D eigenvalue weighted by atomic mass is 10.0. The minimum absolute atomic E-state index is 0.166. The summed E-state index contributed by atoms with van der Waals surface area (Å²) < 4.78 is 0. The van der Waals surface area contributed by atoms with Crippen LogP contribution in [0.5, 0.6) is 0 Å². The lowest BCUT2D eigenvalue weighted by Gasteiger charge is -2.04. The molecule has 0 aliphatic carbocycles. The molecule has 5 heteroatoms. The number of allylic oxidation sites excluding steroid dienone is 1. The summed E-state index contributed by atoms with van der Waals surface area (Å²) in [5, 5.41) is 13.8. The maximum absolute atomic E-state index is 11.7. The molecule has 1 N–H and O–H groups in total. The highest BCUT2D eigenvalue weighted by Crippen LogP contribution is 2.36. The number of carbonyl (C=O) groups is 1. The van der Waals surface area contributed by atoms with E-state index in [2.05, 4.69) is 42.4 Å². The highest BCUT2D eigenvalue weighted by molar-refractivity contribution is 7.17. The minimum Gasteiger partial charge on any atom is -0.316 e. The largest absolute Gasteiger partial charge is 0.316 e. The monoisotopic (exact) mass is 401 g/mol. The molecule has 1 amide bonds. The SMILES string of the molecule is CC(=O)Nc1sc(/C(C#N)=C/c2ccc(C(C)C)cc2)nc1-c1ccc(C)cc1. The van der Waals surface area contributed by atoms with E-state index < -0.39 is 0 Å². The third-order valence-corrected chi connectivity index (χ3v) is 5.51. The van der Waals surface area contributed by atoms with E-state index in [-0.39, 0.29) is 5.91 Å². The van der Waals surface area contributed by atoms with Crippen molar-refractivity contribution in [2.45, 2.75) is 33.6 Å². The van der Waals surface area contributed by atoms with Gasteiger partial charge in [-0.15, -0.1) is 0 Å². The van der Waals surface area contributed by atoms with E-state index in [0.717, 1.165) is 16.7 Å². The Bertz CT molecular complexity index is 1080. The number of benzene rings is 2. The van der Waals surface area contributed by atoms with Crippen LogP contribution >= 0.6 is 11.3 Å². The van der Waals surface area contributed by atoms with Gasteiger partial charge in [0.05, 0.1) is 5.57 Å². The number of carbonyl (C=O) groups excluding carboxylic acids is 1. The molecule has 29 heavy (non-hydrogen) atoms. The molecule has 2 aromatic carbocycles. The number of thiazole rings is 1. The van der Waals surface area contributed by atoms with Crippen LogP contribution in [-0.2, 0) is 4.79 Å². The summed E-state index contributed by atoms with van der Waals surface area (Å²) in [6.07, 6.45) is 1.83. The van der Waals surface area contributed by atoms with Gasteiger partial charge in [0, 0.05) is 12.5 Å². The topological polar surface area (TPSA) is 65.8 Å². The van der Waals surface area contributed by atoms with Gasteiger partial charge in [-0.05, 0) is 30.0 Å². The molecule has 1 heterocycles. The minimum atomic E-state index is -0.166. The Balaban J connectivity index is 2.02. The van der Waals surface area contributed by atoms with Gasteiger partial charge >= 0.3 is 0 Å². The van der Waals surface area contributed by atoms with Crippen LogP contribution in [0.2, 0.25) is 0 Å². The lowest BCUT2D eigenvalue weighted by molar-refractivity contribution is -0.114. The molecule has 0 radical (unpaired) electrons. The molecule has 0 saturated carbocycles. The molecule has 3 aromatic rings. The van der Waals surface area contributed by atoms with Gasteiger partial charge < -0.3 is 5.32 Å². The number of nitriles is 1. The van der Waals surface area contributed by atoms with Gasteiger partial charge in [0.15, 0.2) is 0 Å². The summed E-state index contributed by atoms with van der Waals surface area (Å²) >= 11 is 1.31. The molecule has 4 nitrogen and oxygen atoms in total. The second-order valence-electron chi connectivity index (χ2n) is 7.24. The number of nitrogens with zero attached hydrogens (tertiary/aromatic N) is 2. The highest BCUT2D eigenvalue weighted by Gasteiger charge is 2.17. The van der Waals surface area contributed by atoms with Crippen molar-refractivity contribution in [1.82, 2.24) is 4.98 Å². The number of hydrogen-bond donors (Lipinski definition) is 1. The van der Waals surface area contributed by atoms with E-state index in [1.807, 2.05) is 49.4 Å². The molecule has 0 fully saturated rings. The van der Waals surface area contributed by atoms with Crippen LogP contribution in [0.1, 0.15) is 48.4 Å². The van der Waals surface area contributed by atoms with E-state index in [0.29, 0.717) is 27.2 Å². The normalized spacial score (nSPS) is 11.4. The summed E-state index contributed by atoms with van der Waals surface area (Å²) in [7, 11) is 0. The van der Waals surface area contributed by atoms with Gasteiger partial charge in [-0.25, -0.2) is 4.98 Å². The van der Waals surface area contributed by atoms with E-state index >= 15 is 0 Å². The third kappa shape index (κ3) is 4.98. The molecule has 3 rings (SSSR count). The Morgan fingerprint density at radius 2 is 1.79 bits per heavy atom. The number of hydrogen-bond acceptors (Lipinski definition) is 4. The average Bonchev–Trinajstić information content (AvgIpc) is 3.09. The standard InChI is InChI=1S/C24H23N3OS/c1-15(2)19-11-7-18(8-12-19)13-21(14-25)23-27-22(24(29-23)26-17(4)28)20-9-5-16(3)6-10-20/h5-13,15H,1-4H3,(H,26,28)/b21-13+. The fraction of sp³-hybridized carbons (Fsp3) is 0.208. The summed E-state index contributed by atoms with van der Waals surface area (Å²) in [4.78, 5) is 16.4. The number of nitrogens with one attached hydrogen (secondary N) is 1. The summed E-state index contributed by atoms with van der Waals surface area (Å²) in [6.45, 7) is 7.79. The number of rotatable bonds is 5. The predicted molar refractivity (Wildman–Crippen MR) is 121 cm³/mol. The van der Waals surface area contributed by atoms with Gasteiger partial charge in [0.2, 0.25) is 5.91 Å². The van der Waals surface area contributed by atoms with Gasteiger partial charge in [0.1, 0.15) is 21.8 Å². The van der Waals surface area contributed by atoms with E-state index in [1.165, 1.54) is 23.8 Å². The number of amides is 1. The maximum Gasteiger partial charge on any atom is 0.221 e. The van der Waals surface area contributed by atoms with Crippen molar-refractivity contribution in [2.75, 3.05) is 5.32 Å². The molecule has 1 aromatic heterocycles. The molecule has 0 unspecified atom stereocenters. The summed E-state index contributed by atoms with van der Waals surface area (Å²) in [6, 6.07) is 18.4. The molecular formula is C24H23N3OS. The predicted octanol–water partition coefficient (Wildman–Crippen LogP) is 6.26. The van der Waals surface area contributed by atoms with Gasteiger partial charge in [-0.1, -0.05) is 79.3 Å². The Morgan fingerprint density at radius 1 is 1.14 bits per heavy atom. The van der Waals surface area contributed by atoms with E-state index in [9.17, 15) is 10.1 Å². The van der Waals surface area contributed by atoms with E-state index in [4.69, 9.17) is 0 Å². The van der Waals surface area contributed by atoms with Gasteiger partial charge in [-0.3, -0.25) is 4.79 Å². The Labute approximate surface area is 175 Å². The van der Waals surface area contributed by atoms with E-state index in [1.54, 1.807) is 0 Å². The first kappa shape index (κ1) is 20.5. The molecule has 0 spiro atoms. The van der Waals surface area contributed by atoms with Crippen LogP contribution in [0.3, 0.4) is 0 Å². The summed E-state index contributed by atoms with van der Waals surface area (Å²) in [5.41, 5.74) is 5.39. The lowest BCUT2D eigenvalue weighted by Crippen LogP contribution is -2.05. The Kier molecular flexibility index (Phi) is 6.26. The van der Waals surface area contributed by atoms with Crippen molar-refractivity contribution in [1.29, 1.82) is 5.26 Å². The zero-order valence-electron chi connectivity index (χ0n) is 17.0. The van der Waals surface area contributed by atoms with Gasteiger partial charge in [-0.2, -0.15) is 5.26 Å². The Hall–Kier alpha value is -3.23. The number of anilines is 1. The first-order valence-corrected chi connectivity index (χ1v) is 10.3. The van der Waals surface area contributed by atoms with Gasteiger partial charge in [0.25, 0.3) is 0 Å². The molecule has 0 saturated heterocycles. The first-order valence-electron chi connectivity index (χ1n) is 9.45. The van der Waals surface area contributed by atoms with Crippen molar-refractivity contribution in [3.63, 3.8) is 0 Å². The fourth-order valence-electron chi connectivity index (χ4n) is 2.87. The molecule has 146 valence electrons. The second kappa shape index (κ2) is 8.85. The van der Waals surface area contributed by atoms with Crippen LogP contribution in [0.4, 0.5) is 5.00 Å². The van der Waals surface area contributed by atoms with Crippen LogP contribution < -0.4 is 5.32 Å². The Morgan fingerprint density at radius 3 is 2.34 bits per heavy atom. The van der Waals surface area contributed by atoms with Crippen molar-refractivity contribution < 1.29 is 4.79 Å². The van der Waals surface area contributed by atoms with Crippen LogP contribution in [0.15, 0.2) is 48.5 Å². The summed E-state index contributed by atoms with van der Waals surface area (Å²) in [5.74, 6) is 0.292. The van der Waals surface area contributed by atoms with Crippen molar-refractivity contribution in [3.05, 3.63) is 70.2 Å². The maximum atomic E-state index is 11.7. The average molecular weight is 402 g/mol. The zero-order valence-corrected chi connectivity index (χ0v) is 17.8. The third-order valence-electron chi connectivity index (χ3n) is 4.51. The molecule has 0 bridgehead atoms. The smallest absolute Gasteiger partial charge is 0.221 e. The molecule has 0 aliphatic heterocycles. The number of aryl methyl sites for hydroxylation is 1. The fourth-order valence-corrected chi connectivity index (χ4v) is 3.87. The molecular weight excluding hydrogens is 378 g/mol. The number of aromatic nitrogens is 1. The quantitative estimate of drug-likeness (QED) is 0.513. The van der Waals surface area contributed by atoms with Crippen LogP contribution in [0, 0.1) is 18.3 Å². The van der Waals surface area contributed by atoms with Crippen LogP contribution in [0.25, 0.3) is 22.9 Å². The van der Waals surface area contributed by atoms with Crippen molar-refractivity contribution in [2.24, 2.45) is 0 Å². The molecule has 0 atom stereocenters. The molecule has 0 aliphatic rings.